The summed E-state index contributed by atoms with van der Waals surface area (Å²) in [6.45, 7) is 9.00. The van der Waals surface area contributed by atoms with Gasteiger partial charge in [0.25, 0.3) is 0 Å². The molecule has 0 bridgehead atoms. The van der Waals surface area contributed by atoms with E-state index in [0.717, 1.165) is 37.6 Å². The van der Waals surface area contributed by atoms with Crippen molar-refractivity contribution < 1.29 is 5.11 Å². The molecule has 1 saturated heterocycles. The van der Waals surface area contributed by atoms with E-state index in [1.165, 1.54) is 0 Å². The van der Waals surface area contributed by atoms with E-state index in [2.05, 4.69) is 15.3 Å². The molecule has 2 heterocycles. The smallest absolute Gasteiger partial charge is 0.0862 e. The van der Waals surface area contributed by atoms with Gasteiger partial charge in [0.1, 0.15) is 0 Å². The van der Waals surface area contributed by atoms with Crippen LogP contribution in [0.15, 0.2) is 0 Å². The number of rotatable bonds is 4. The van der Waals surface area contributed by atoms with Gasteiger partial charge in [-0.15, -0.1) is 0 Å². The van der Waals surface area contributed by atoms with Crippen LogP contribution in [0.2, 0.25) is 5.02 Å². The first-order chi connectivity index (χ1) is 8.58. The van der Waals surface area contributed by atoms with E-state index in [1.807, 2.05) is 13.8 Å². The number of β-amino-alcohol motifs (C(OH)–C–C–N with tert-alkyl or cyclic N) is 1. The molecule has 0 aliphatic carbocycles. The van der Waals surface area contributed by atoms with Gasteiger partial charge in [0, 0.05) is 32.7 Å². The van der Waals surface area contributed by atoms with Crippen molar-refractivity contribution in [1.82, 2.24) is 20.0 Å². The molecule has 18 heavy (non-hydrogen) atoms. The highest BCUT2D eigenvalue weighted by Gasteiger charge is 2.17. The van der Waals surface area contributed by atoms with Gasteiger partial charge in [-0.2, -0.15) is 5.10 Å². The molecule has 102 valence electrons. The van der Waals surface area contributed by atoms with Crippen molar-refractivity contribution in [3.05, 3.63) is 16.4 Å². The van der Waals surface area contributed by atoms with E-state index in [4.69, 9.17) is 11.6 Å². The van der Waals surface area contributed by atoms with Gasteiger partial charge in [0.05, 0.1) is 29.1 Å². The Balaban J connectivity index is 1.89. The van der Waals surface area contributed by atoms with E-state index < -0.39 is 6.10 Å². The lowest BCUT2D eigenvalue weighted by Gasteiger charge is -2.29. The van der Waals surface area contributed by atoms with Gasteiger partial charge in [0.2, 0.25) is 0 Å². The minimum absolute atomic E-state index is 0.405. The van der Waals surface area contributed by atoms with E-state index in [9.17, 15) is 5.11 Å². The monoisotopic (exact) mass is 272 g/mol. The van der Waals surface area contributed by atoms with Gasteiger partial charge < -0.3 is 10.4 Å². The summed E-state index contributed by atoms with van der Waals surface area (Å²) in [5.74, 6) is 0. The van der Waals surface area contributed by atoms with Gasteiger partial charge in [-0.25, -0.2) is 0 Å². The quantitative estimate of drug-likeness (QED) is 0.834. The molecule has 0 saturated carbocycles. The van der Waals surface area contributed by atoms with Gasteiger partial charge in [-0.05, 0) is 13.8 Å². The maximum atomic E-state index is 10.1. The van der Waals surface area contributed by atoms with Crippen molar-refractivity contribution in [2.45, 2.75) is 26.5 Å². The van der Waals surface area contributed by atoms with E-state index in [-0.39, 0.29) is 0 Å². The number of aliphatic hydroxyl groups excluding tert-OH is 1. The Hall–Kier alpha value is -0.620. The van der Waals surface area contributed by atoms with Crippen LogP contribution in [0.5, 0.6) is 0 Å². The molecule has 0 radical (unpaired) electrons. The largest absolute Gasteiger partial charge is 0.390 e. The Morgan fingerprint density at radius 2 is 2.00 bits per heavy atom. The standard InChI is InChI=1S/C12H21ClN4O/c1-9-12(13)10(2)17(15-9)8-11(18)7-16-5-3-14-4-6-16/h11,14,18H,3-8H2,1-2H3. The molecule has 1 aromatic heterocycles. The summed E-state index contributed by atoms with van der Waals surface area (Å²) in [6, 6.07) is 0. The highest BCUT2D eigenvalue weighted by atomic mass is 35.5. The average molecular weight is 273 g/mol. The minimum atomic E-state index is -0.405. The molecule has 0 spiro atoms. The SMILES string of the molecule is Cc1nn(CC(O)CN2CCNCC2)c(C)c1Cl. The summed E-state index contributed by atoms with van der Waals surface area (Å²) in [6.07, 6.45) is -0.405. The second kappa shape index (κ2) is 6.02. The summed E-state index contributed by atoms with van der Waals surface area (Å²) < 4.78 is 1.80. The second-order valence-electron chi connectivity index (χ2n) is 4.87. The van der Waals surface area contributed by atoms with Crippen LogP contribution in [-0.2, 0) is 6.54 Å². The zero-order valence-corrected chi connectivity index (χ0v) is 11.7. The van der Waals surface area contributed by atoms with Crippen LogP contribution >= 0.6 is 11.6 Å². The van der Waals surface area contributed by atoms with Crippen LogP contribution in [0.25, 0.3) is 0 Å². The summed E-state index contributed by atoms with van der Waals surface area (Å²) in [4.78, 5) is 2.27. The third-order valence-corrected chi connectivity index (χ3v) is 3.90. The van der Waals surface area contributed by atoms with E-state index in [0.29, 0.717) is 18.1 Å². The number of aromatic nitrogens is 2. The van der Waals surface area contributed by atoms with Gasteiger partial charge in [-0.1, -0.05) is 11.6 Å². The first-order valence-electron chi connectivity index (χ1n) is 6.38. The molecule has 1 aliphatic heterocycles. The maximum absolute atomic E-state index is 10.1. The molecule has 0 amide bonds. The molecule has 2 N–H and O–H groups in total. The first-order valence-corrected chi connectivity index (χ1v) is 6.76. The van der Waals surface area contributed by atoms with Crippen molar-refractivity contribution in [1.29, 1.82) is 0 Å². The fraction of sp³-hybridized carbons (Fsp3) is 0.750. The number of hydrogen-bond acceptors (Lipinski definition) is 4. The molecule has 1 aromatic rings. The Kier molecular flexibility index (Phi) is 4.61. The molecular weight excluding hydrogens is 252 g/mol. The van der Waals surface area contributed by atoms with Crippen molar-refractivity contribution in [2.75, 3.05) is 32.7 Å². The molecule has 0 aromatic carbocycles. The molecule has 1 fully saturated rings. The fourth-order valence-electron chi connectivity index (χ4n) is 2.30. The zero-order valence-electron chi connectivity index (χ0n) is 11.0. The lowest BCUT2D eigenvalue weighted by molar-refractivity contribution is 0.0883. The summed E-state index contributed by atoms with van der Waals surface area (Å²) in [5, 5.41) is 18.4. The molecule has 5 nitrogen and oxygen atoms in total. The third-order valence-electron chi connectivity index (χ3n) is 3.36. The number of nitrogens with zero attached hydrogens (tertiary/aromatic N) is 3. The Morgan fingerprint density at radius 1 is 1.33 bits per heavy atom. The summed E-state index contributed by atoms with van der Waals surface area (Å²) in [7, 11) is 0. The molecule has 2 rings (SSSR count). The van der Waals surface area contributed by atoms with Crippen LogP contribution in [-0.4, -0.2) is 58.6 Å². The lowest BCUT2D eigenvalue weighted by atomic mass is 10.3. The van der Waals surface area contributed by atoms with Gasteiger partial charge >= 0.3 is 0 Å². The van der Waals surface area contributed by atoms with E-state index >= 15 is 0 Å². The molecule has 6 heteroatoms. The number of nitrogens with one attached hydrogen (secondary N) is 1. The summed E-state index contributed by atoms with van der Waals surface area (Å²) in [5.41, 5.74) is 1.75. The predicted octanol–water partition coefficient (Wildman–Crippen LogP) is 0.419. The number of halogens is 1. The van der Waals surface area contributed by atoms with Crippen LogP contribution in [0.4, 0.5) is 0 Å². The van der Waals surface area contributed by atoms with Crippen molar-refractivity contribution >= 4 is 11.6 Å². The first kappa shape index (κ1) is 13.8. The van der Waals surface area contributed by atoms with Crippen LogP contribution < -0.4 is 5.32 Å². The Labute approximate surface area is 113 Å². The number of piperazine rings is 1. The van der Waals surface area contributed by atoms with E-state index in [1.54, 1.807) is 4.68 Å². The van der Waals surface area contributed by atoms with Crippen LogP contribution in [0, 0.1) is 13.8 Å². The highest BCUT2D eigenvalue weighted by molar-refractivity contribution is 6.31. The van der Waals surface area contributed by atoms with Crippen LogP contribution in [0.1, 0.15) is 11.4 Å². The molecule has 1 unspecified atom stereocenters. The third kappa shape index (κ3) is 3.23. The van der Waals surface area contributed by atoms with Crippen molar-refractivity contribution in [3.63, 3.8) is 0 Å². The lowest BCUT2D eigenvalue weighted by Crippen LogP contribution is -2.47. The van der Waals surface area contributed by atoms with Crippen LogP contribution in [0.3, 0.4) is 0 Å². The average Bonchev–Trinajstić information content (AvgIpc) is 2.58. The summed E-state index contributed by atoms with van der Waals surface area (Å²) >= 11 is 6.09. The Bertz CT molecular complexity index is 401. The predicted molar refractivity (Wildman–Crippen MR) is 72.0 cm³/mol. The zero-order chi connectivity index (χ0) is 13.1. The van der Waals surface area contributed by atoms with Crippen molar-refractivity contribution in [2.24, 2.45) is 0 Å². The number of hydrogen-bond donors (Lipinski definition) is 2. The minimum Gasteiger partial charge on any atom is -0.390 e. The number of aliphatic hydroxyl groups is 1. The molecule has 1 atom stereocenters. The molecular formula is C12H21ClN4O. The van der Waals surface area contributed by atoms with Crippen molar-refractivity contribution in [3.8, 4) is 0 Å². The van der Waals surface area contributed by atoms with Gasteiger partial charge in [-0.3, -0.25) is 9.58 Å². The topological polar surface area (TPSA) is 53.3 Å². The number of aryl methyl sites for hydroxylation is 1. The normalized spacial score (nSPS) is 19.1. The fourth-order valence-corrected chi connectivity index (χ4v) is 2.44. The Morgan fingerprint density at radius 3 is 2.56 bits per heavy atom. The van der Waals surface area contributed by atoms with Gasteiger partial charge in [0.15, 0.2) is 0 Å². The highest BCUT2D eigenvalue weighted by Crippen LogP contribution is 2.19. The second-order valence-corrected chi connectivity index (χ2v) is 5.25. The molecule has 1 aliphatic rings. The maximum Gasteiger partial charge on any atom is 0.0862 e.